The second-order valence-electron chi connectivity index (χ2n) is 3.97. The predicted octanol–water partition coefficient (Wildman–Crippen LogP) is 2.41. The van der Waals surface area contributed by atoms with Gasteiger partial charge in [-0.15, -0.1) is 6.58 Å². The van der Waals surface area contributed by atoms with Crippen LogP contribution in [0, 0.1) is 11.3 Å². The Kier molecular flexibility index (Phi) is 4.50. The maximum atomic E-state index is 11.5. The largest absolute Gasteiger partial charge is 0.481 e. The summed E-state index contributed by atoms with van der Waals surface area (Å²) in [6.07, 6.45) is 10.2. The minimum absolute atomic E-state index is 0.0343. The van der Waals surface area contributed by atoms with Crippen LogP contribution in [0.1, 0.15) is 12.8 Å². The molecule has 0 saturated heterocycles. The van der Waals surface area contributed by atoms with Gasteiger partial charge in [-0.05, 0) is 18.8 Å². The molecule has 0 aromatic heterocycles. The van der Waals surface area contributed by atoms with Gasteiger partial charge in [-0.2, -0.15) is 0 Å². The molecule has 3 heteroatoms. The lowest BCUT2D eigenvalue weighted by Gasteiger charge is -2.33. The molecule has 0 radical (unpaired) electrons. The third-order valence-corrected chi connectivity index (χ3v) is 3.02. The molecule has 1 rings (SSSR count). The molecule has 0 aliphatic heterocycles. The highest BCUT2D eigenvalue weighted by molar-refractivity contribution is 5.78. The number of carboxylic acid groups (broad SMARTS) is 1. The van der Waals surface area contributed by atoms with Crippen LogP contribution in [0.4, 0.5) is 0 Å². The summed E-state index contributed by atoms with van der Waals surface area (Å²) < 4.78 is 5.02. The molecule has 0 spiro atoms. The maximum Gasteiger partial charge on any atom is 0.314 e. The highest BCUT2D eigenvalue weighted by atomic mass is 16.5. The van der Waals surface area contributed by atoms with E-state index in [-0.39, 0.29) is 5.92 Å². The minimum Gasteiger partial charge on any atom is -0.481 e. The first kappa shape index (κ1) is 12.7. The number of ether oxygens (including phenoxy) is 1. The Morgan fingerprint density at radius 2 is 2.38 bits per heavy atom. The lowest BCUT2D eigenvalue weighted by Crippen LogP contribution is -2.37. The van der Waals surface area contributed by atoms with E-state index in [4.69, 9.17) is 4.74 Å². The molecule has 0 aromatic carbocycles. The number of carboxylic acids is 1. The molecule has 1 aliphatic rings. The first-order chi connectivity index (χ1) is 7.67. The smallest absolute Gasteiger partial charge is 0.314 e. The van der Waals surface area contributed by atoms with Crippen molar-refractivity contribution in [3.05, 3.63) is 37.0 Å². The Morgan fingerprint density at radius 3 is 2.94 bits per heavy atom. The van der Waals surface area contributed by atoms with Crippen LogP contribution in [-0.2, 0) is 9.53 Å². The van der Waals surface area contributed by atoms with Crippen LogP contribution in [0.25, 0.3) is 0 Å². The lowest BCUT2D eigenvalue weighted by atomic mass is 9.69. The molecule has 1 aliphatic carbocycles. The van der Waals surface area contributed by atoms with Crippen molar-refractivity contribution >= 4 is 5.97 Å². The van der Waals surface area contributed by atoms with Gasteiger partial charge in [0.05, 0.1) is 5.41 Å². The molecule has 0 fully saturated rings. The third kappa shape index (κ3) is 2.42. The van der Waals surface area contributed by atoms with Gasteiger partial charge in [0.2, 0.25) is 0 Å². The molecule has 0 heterocycles. The maximum absolute atomic E-state index is 11.5. The number of aliphatic carboxylic acids is 1. The summed E-state index contributed by atoms with van der Waals surface area (Å²) in [6, 6.07) is 0. The number of rotatable bonds is 6. The van der Waals surface area contributed by atoms with Gasteiger partial charge in [0.15, 0.2) is 0 Å². The summed E-state index contributed by atoms with van der Waals surface area (Å²) in [4.78, 5) is 11.5. The summed E-state index contributed by atoms with van der Waals surface area (Å²) in [6.45, 7) is 4.21. The zero-order chi connectivity index (χ0) is 12.0. The van der Waals surface area contributed by atoms with Crippen molar-refractivity contribution in [2.75, 3.05) is 13.7 Å². The van der Waals surface area contributed by atoms with Gasteiger partial charge >= 0.3 is 5.97 Å². The second kappa shape index (κ2) is 5.66. The molecule has 2 unspecified atom stereocenters. The monoisotopic (exact) mass is 222 g/mol. The fourth-order valence-electron chi connectivity index (χ4n) is 2.09. The summed E-state index contributed by atoms with van der Waals surface area (Å²) >= 11 is 0. The summed E-state index contributed by atoms with van der Waals surface area (Å²) in [5.74, 6) is -0.831. The first-order valence-electron chi connectivity index (χ1n) is 5.36. The Balaban J connectivity index is 2.92. The summed E-state index contributed by atoms with van der Waals surface area (Å²) in [5.41, 5.74) is -0.852. The van der Waals surface area contributed by atoms with Crippen molar-refractivity contribution < 1.29 is 14.6 Å². The van der Waals surface area contributed by atoms with Crippen LogP contribution >= 0.6 is 0 Å². The van der Waals surface area contributed by atoms with E-state index < -0.39 is 11.4 Å². The van der Waals surface area contributed by atoms with Crippen LogP contribution in [0.5, 0.6) is 0 Å². The number of allylic oxidation sites excluding steroid dienone is 4. The summed E-state index contributed by atoms with van der Waals surface area (Å²) in [7, 11) is 1.62. The number of hydrogen-bond acceptors (Lipinski definition) is 2. The molecule has 2 atom stereocenters. The zero-order valence-electron chi connectivity index (χ0n) is 9.56. The van der Waals surface area contributed by atoms with Crippen molar-refractivity contribution in [1.29, 1.82) is 0 Å². The van der Waals surface area contributed by atoms with E-state index in [0.717, 1.165) is 0 Å². The molecule has 0 saturated carbocycles. The van der Waals surface area contributed by atoms with E-state index in [9.17, 15) is 9.90 Å². The van der Waals surface area contributed by atoms with Crippen molar-refractivity contribution in [1.82, 2.24) is 0 Å². The number of carbonyl (C=O) groups is 1. The van der Waals surface area contributed by atoms with Crippen molar-refractivity contribution in [2.45, 2.75) is 12.8 Å². The normalized spacial score (nSPS) is 27.9. The highest BCUT2D eigenvalue weighted by Gasteiger charge is 2.42. The Hall–Kier alpha value is -1.35. The standard InChI is InChI=1S/C13H18O3/c1-3-8-13(12(14)15)9-5-4-6-11(13)7-10-16-2/h3-6,9,11H,1,7-8,10H2,2H3,(H,14,15). The molecular weight excluding hydrogens is 204 g/mol. The molecule has 0 amide bonds. The van der Waals surface area contributed by atoms with Crippen LogP contribution in [-0.4, -0.2) is 24.8 Å². The highest BCUT2D eigenvalue weighted by Crippen LogP contribution is 2.39. The second-order valence-corrected chi connectivity index (χ2v) is 3.97. The van der Waals surface area contributed by atoms with Gasteiger partial charge in [-0.25, -0.2) is 0 Å². The van der Waals surface area contributed by atoms with E-state index in [0.29, 0.717) is 19.4 Å². The van der Waals surface area contributed by atoms with E-state index in [1.54, 1.807) is 25.3 Å². The van der Waals surface area contributed by atoms with Crippen molar-refractivity contribution in [2.24, 2.45) is 11.3 Å². The topological polar surface area (TPSA) is 46.5 Å². The Morgan fingerprint density at radius 1 is 1.62 bits per heavy atom. The van der Waals surface area contributed by atoms with Gasteiger partial charge < -0.3 is 9.84 Å². The summed E-state index contributed by atoms with van der Waals surface area (Å²) in [5, 5.41) is 9.42. The molecule has 1 N–H and O–H groups in total. The Labute approximate surface area is 96.1 Å². The van der Waals surface area contributed by atoms with Crippen LogP contribution in [0.2, 0.25) is 0 Å². The molecule has 0 bridgehead atoms. The van der Waals surface area contributed by atoms with Crippen LogP contribution in [0.3, 0.4) is 0 Å². The fraction of sp³-hybridized carbons (Fsp3) is 0.462. The molecule has 0 aromatic rings. The Bertz CT molecular complexity index is 317. The first-order valence-corrected chi connectivity index (χ1v) is 5.36. The zero-order valence-corrected chi connectivity index (χ0v) is 9.56. The average Bonchev–Trinajstić information content (AvgIpc) is 2.28. The predicted molar refractivity (Wildman–Crippen MR) is 63.1 cm³/mol. The van der Waals surface area contributed by atoms with Crippen LogP contribution < -0.4 is 0 Å². The minimum atomic E-state index is -0.852. The average molecular weight is 222 g/mol. The van der Waals surface area contributed by atoms with Gasteiger partial charge in [-0.3, -0.25) is 4.79 Å². The third-order valence-electron chi connectivity index (χ3n) is 3.02. The molecule has 88 valence electrons. The van der Waals surface area contributed by atoms with Crippen molar-refractivity contribution in [3.8, 4) is 0 Å². The van der Waals surface area contributed by atoms with E-state index >= 15 is 0 Å². The quantitative estimate of drug-likeness (QED) is 0.702. The van der Waals surface area contributed by atoms with Crippen LogP contribution in [0.15, 0.2) is 37.0 Å². The number of methoxy groups -OCH3 is 1. The van der Waals surface area contributed by atoms with E-state index in [1.807, 2.05) is 12.2 Å². The SMILES string of the molecule is C=CCC1(C(=O)O)C=CC=CC1CCOC. The van der Waals surface area contributed by atoms with Crippen molar-refractivity contribution in [3.63, 3.8) is 0 Å². The van der Waals surface area contributed by atoms with E-state index in [2.05, 4.69) is 6.58 Å². The van der Waals surface area contributed by atoms with Gasteiger partial charge in [0, 0.05) is 13.7 Å². The molecule has 16 heavy (non-hydrogen) atoms. The fourth-order valence-corrected chi connectivity index (χ4v) is 2.09. The number of hydrogen-bond donors (Lipinski definition) is 1. The molecule has 3 nitrogen and oxygen atoms in total. The van der Waals surface area contributed by atoms with E-state index in [1.165, 1.54) is 0 Å². The van der Waals surface area contributed by atoms with Gasteiger partial charge in [-0.1, -0.05) is 30.4 Å². The van der Waals surface area contributed by atoms with Gasteiger partial charge in [0.25, 0.3) is 0 Å². The molecular formula is C13H18O3. The lowest BCUT2D eigenvalue weighted by molar-refractivity contribution is -0.148. The van der Waals surface area contributed by atoms with Gasteiger partial charge in [0.1, 0.15) is 0 Å².